The number of halogens is 2. The Morgan fingerprint density at radius 3 is 2.83 bits per heavy atom. The molecule has 96 valence electrons. The first-order chi connectivity index (χ1) is 8.60. The fraction of sp³-hybridized carbons (Fsp3) is 0.273. The van der Waals surface area contributed by atoms with Crippen LogP contribution in [0, 0.1) is 5.82 Å². The van der Waals surface area contributed by atoms with Crippen LogP contribution in [0.15, 0.2) is 27.2 Å². The highest BCUT2D eigenvalue weighted by Crippen LogP contribution is 2.26. The van der Waals surface area contributed by atoms with Crippen molar-refractivity contribution < 1.29 is 18.4 Å². The SMILES string of the molecule is COc1nc(C(C)Oc2ccc(Br)cc2F)no1. The highest BCUT2D eigenvalue weighted by atomic mass is 79.9. The van der Waals surface area contributed by atoms with Gasteiger partial charge in [0.05, 0.1) is 7.11 Å². The fourth-order valence-electron chi connectivity index (χ4n) is 1.28. The van der Waals surface area contributed by atoms with E-state index in [2.05, 4.69) is 26.1 Å². The van der Waals surface area contributed by atoms with Crippen molar-refractivity contribution >= 4 is 15.9 Å². The van der Waals surface area contributed by atoms with Gasteiger partial charge in [0, 0.05) is 4.47 Å². The first-order valence-corrected chi connectivity index (χ1v) is 5.88. The molecule has 0 aliphatic heterocycles. The zero-order valence-electron chi connectivity index (χ0n) is 9.68. The van der Waals surface area contributed by atoms with E-state index in [1.54, 1.807) is 13.0 Å². The van der Waals surface area contributed by atoms with Gasteiger partial charge in [0.1, 0.15) is 0 Å². The van der Waals surface area contributed by atoms with Crippen LogP contribution in [0.4, 0.5) is 4.39 Å². The Bertz CT molecular complexity index is 547. The second kappa shape index (κ2) is 5.34. The molecule has 2 aromatic rings. The van der Waals surface area contributed by atoms with Crippen LogP contribution in [0.2, 0.25) is 0 Å². The van der Waals surface area contributed by atoms with Crippen LogP contribution in [-0.2, 0) is 0 Å². The van der Waals surface area contributed by atoms with Gasteiger partial charge in [-0.3, -0.25) is 4.52 Å². The summed E-state index contributed by atoms with van der Waals surface area (Å²) in [7, 11) is 1.41. The zero-order chi connectivity index (χ0) is 13.1. The van der Waals surface area contributed by atoms with Crippen LogP contribution in [0.1, 0.15) is 18.9 Å². The summed E-state index contributed by atoms with van der Waals surface area (Å²) in [5.74, 6) is -0.0599. The monoisotopic (exact) mass is 316 g/mol. The van der Waals surface area contributed by atoms with Crippen LogP contribution < -0.4 is 9.47 Å². The lowest BCUT2D eigenvalue weighted by Gasteiger charge is -2.11. The summed E-state index contributed by atoms with van der Waals surface area (Å²) in [5, 5.41) is 3.66. The number of benzene rings is 1. The smallest absolute Gasteiger partial charge is 0.417 e. The van der Waals surface area contributed by atoms with E-state index in [0.29, 0.717) is 4.47 Å². The Labute approximate surface area is 111 Å². The summed E-state index contributed by atoms with van der Waals surface area (Å²) in [6.07, 6.45) is -0.509. The molecule has 0 N–H and O–H groups in total. The quantitative estimate of drug-likeness (QED) is 0.867. The molecule has 0 spiro atoms. The summed E-state index contributed by atoms with van der Waals surface area (Å²) in [5.41, 5.74) is 0. The van der Waals surface area contributed by atoms with Crippen LogP contribution in [0.5, 0.6) is 11.8 Å². The molecular formula is C11H10BrFN2O3. The molecular weight excluding hydrogens is 307 g/mol. The standard InChI is InChI=1S/C11H10BrFN2O3/c1-6(10-14-11(16-2)18-15-10)17-9-4-3-7(12)5-8(9)13/h3-6H,1-2H3. The molecule has 1 atom stereocenters. The maximum atomic E-state index is 13.6. The van der Waals surface area contributed by atoms with Crippen molar-refractivity contribution in [3.05, 3.63) is 34.3 Å². The van der Waals surface area contributed by atoms with Crippen molar-refractivity contribution in [3.8, 4) is 11.8 Å². The number of hydrogen-bond donors (Lipinski definition) is 0. The molecule has 7 heteroatoms. The van der Waals surface area contributed by atoms with Crippen molar-refractivity contribution in [2.45, 2.75) is 13.0 Å². The van der Waals surface area contributed by atoms with Gasteiger partial charge >= 0.3 is 6.08 Å². The average molecular weight is 317 g/mol. The molecule has 18 heavy (non-hydrogen) atoms. The molecule has 0 saturated carbocycles. The zero-order valence-corrected chi connectivity index (χ0v) is 11.3. The lowest BCUT2D eigenvalue weighted by atomic mass is 10.3. The first-order valence-electron chi connectivity index (χ1n) is 5.09. The van der Waals surface area contributed by atoms with E-state index in [1.165, 1.54) is 19.2 Å². The molecule has 5 nitrogen and oxygen atoms in total. The fourth-order valence-corrected chi connectivity index (χ4v) is 1.62. The minimum Gasteiger partial charge on any atom is -0.480 e. The minimum absolute atomic E-state index is 0.0386. The van der Waals surface area contributed by atoms with Gasteiger partial charge in [0.2, 0.25) is 5.82 Å². The molecule has 0 bridgehead atoms. The number of rotatable bonds is 4. The molecule has 1 unspecified atom stereocenters. The van der Waals surface area contributed by atoms with E-state index in [4.69, 9.17) is 14.0 Å². The van der Waals surface area contributed by atoms with Gasteiger partial charge in [-0.05, 0) is 25.1 Å². The van der Waals surface area contributed by atoms with E-state index in [1.807, 2.05) is 0 Å². The van der Waals surface area contributed by atoms with Crippen LogP contribution >= 0.6 is 15.9 Å². The normalized spacial score (nSPS) is 12.2. The predicted molar refractivity (Wildman–Crippen MR) is 64.0 cm³/mol. The van der Waals surface area contributed by atoms with Crippen LogP contribution in [0.3, 0.4) is 0 Å². The van der Waals surface area contributed by atoms with Crippen molar-refractivity contribution in [1.82, 2.24) is 10.1 Å². The number of hydrogen-bond acceptors (Lipinski definition) is 5. The summed E-state index contributed by atoms with van der Waals surface area (Å²) in [6.45, 7) is 1.69. The molecule has 1 heterocycles. The number of aromatic nitrogens is 2. The maximum absolute atomic E-state index is 13.6. The lowest BCUT2D eigenvalue weighted by Crippen LogP contribution is -2.06. The number of methoxy groups -OCH3 is 1. The van der Waals surface area contributed by atoms with E-state index >= 15 is 0 Å². The molecule has 0 saturated heterocycles. The number of ether oxygens (including phenoxy) is 2. The summed E-state index contributed by atoms with van der Waals surface area (Å²) < 4.78 is 29.1. The topological polar surface area (TPSA) is 57.4 Å². The first kappa shape index (κ1) is 12.8. The van der Waals surface area contributed by atoms with Crippen LogP contribution in [-0.4, -0.2) is 17.3 Å². The Hall–Kier alpha value is -1.63. The minimum atomic E-state index is -0.548. The van der Waals surface area contributed by atoms with E-state index in [0.717, 1.165) is 0 Å². The van der Waals surface area contributed by atoms with Gasteiger partial charge in [-0.2, -0.15) is 4.98 Å². The Morgan fingerprint density at radius 1 is 1.44 bits per heavy atom. The average Bonchev–Trinajstić information content (AvgIpc) is 2.81. The Kier molecular flexibility index (Phi) is 3.81. The van der Waals surface area contributed by atoms with Crippen molar-refractivity contribution in [1.29, 1.82) is 0 Å². The highest BCUT2D eigenvalue weighted by Gasteiger charge is 2.17. The highest BCUT2D eigenvalue weighted by molar-refractivity contribution is 9.10. The third-order valence-electron chi connectivity index (χ3n) is 2.16. The lowest BCUT2D eigenvalue weighted by molar-refractivity contribution is 0.200. The maximum Gasteiger partial charge on any atom is 0.417 e. The largest absolute Gasteiger partial charge is 0.480 e. The third-order valence-corrected chi connectivity index (χ3v) is 2.65. The van der Waals surface area contributed by atoms with Crippen molar-refractivity contribution in [2.75, 3.05) is 7.11 Å². The van der Waals surface area contributed by atoms with Gasteiger partial charge in [0.25, 0.3) is 0 Å². The summed E-state index contributed by atoms with van der Waals surface area (Å²) in [4.78, 5) is 3.92. The van der Waals surface area contributed by atoms with Gasteiger partial charge in [0.15, 0.2) is 17.7 Å². The van der Waals surface area contributed by atoms with E-state index < -0.39 is 11.9 Å². The molecule has 0 fully saturated rings. The molecule has 1 aromatic heterocycles. The van der Waals surface area contributed by atoms with Gasteiger partial charge in [-0.25, -0.2) is 4.39 Å². The third kappa shape index (κ3) is 2.79. The molecule has 2 rings (SSSR count). The second-order valence-electron chi connectivity index (χ2n) is 3.46. The second-order valence-corrected chi connectivity index (χ2v) is 4.37. The molecule has 0 aliphatic rings. The summed E-state index contributed by atoms with van der Waals surface area (Å²) >= 11 is 3.17. The molecule has 0 amide bonds. The Morgan fingerprint density at radius 2 is 2.22 bits per heavy atom. The molecule has 1 aromatic carbocycles. The van der Waals surface area contributed by atoms with Gasteiger partial charge in [-0.1, -0.05) is 21.1 Å². The van der Waals surface area contributed by atoms with Gasteiger partial charge < -0.3 is 9.47 Å². The molecule has 0 aliphatic carbocycles. The van der Waals surface area contributed by atoms with E-state index in [9.17, 15) is 4.39 Å². The summed E-state index contributed by atoms with van der Waals surface area (Å²) in [6, 6.07) is 4.52. The molecule has 0 radical (unpaired) electrons. The Balaban J connectivity index is 2.13. The number of nitrogens with zero attached hydrogens (tertiary/aromatic N) is 2. The van der Waals surface area contributed by atoms with Crippen LogP contribution in [0.25, 0.3) is 0 Å². The van der Waals surface area contributed by atoms with E-state index in [-0.39, 0.29) is 17.7 Å². The van der Waals surface area contributed by atoms with Crippen molar-refractivity contribution in [2.24, 2.45) is 0 Å². The predicted octanol–water partition coefficient (Wildman–Crippen LogP) is 3.12. The van der Waals surface area contributed by atoms with Gasteiger partial charge in [-0.15, -0.1) is 0 Å². The van der Waals surface area contributed by atoms with Crippen molar-refractivity contribution in [3.63, 3.8) is 0 Å².